The molecule has 0 aliphatic rings. The van der Waals surface area contributed by atoms with Gasteiger partial charge in [-0.2, -0.15) is 13.2 Å². The first-order valence-corrected chi connectivity index (χ1v) is 5.77. The summed E-state index contributed by atoms with van der Waals surface area (Å²) in [4.78, 5) is 0.0178. The van der Waals surface area contributed by atoms with E-state index in [4.69, 9.17) is 0 Å². The molecule has 0 saturated carbocycles. The van der Waals surface area contributed by atoms with Gasteiger partial charge < -0.3 is 0 Å². The summed E-state index contributed by atoms with van der Waals surface area (Å²) in [7, 11) is 0. The summed E-state index contributed by atoms with van der Waals surface area (Å²) in [6, 6.07) is 2.19. The molecule has 6 heteroatoms. The van der Waals surface area contributed by atoms with Crippen molar-refractivity contribution in [3.8, 4) is 0 Å². The van der Waals surface area contributed by atoms with Gasteiger partial charge >= 0.3 is 6.18 Å². The van der Waals surface area contributed by atoms with Crippen molar-refractivity contribution < 1.29 is 17.6 Å². The topological polar surface area (TPSA) is 0 Å². The minimum Gasteiger partial charge on any atom is -0.205 e. The van der Waals surface area contributed by atoms with Crippen LogP contribution in [-0.4, -0.2) is 6.26 Å². The molecule has 0 radical (unpaired) electrons. The van der Waals surface area contributed by atoms with Gasteiger partial charge in [-0.15, -0.1) is 11.8 Å². The van der Waals surface area contributed by atoms with Crippen LogP contribution in [0.25, 0.3) is 0 Å². The van der Waals surface area contributed by atoms with E-state index in [2.05, 4.69) is 0 Å². The summed E-state index contributed by atoms with van der Waals surface area (Å²) < 4.78 is 50.5. The second-order valence-electron chi connectivity index (χ2n) is 2.47. The van der Waals surface area contributed by atoms with Gasteiger partial charge in [-0.05, 0) is 41.0 Å². The summed E-state index contributed by atoms with van der Waals surface area (Å²) in [5.41, 5.74) is -1.20. The standard InChI is InChI=1S/C8H5F4IS/c1-14-6-3-4(13)2-5(7(6)9)8(10,11)12/h2-3H,1H3. The Labute approximate surface area is 96.2 Å². The van der Waals surface area contributed by atoms with Gasteiger partial charge in [0.25, 0.3) is 0 Å². The number of hydrogen-bond acceptors (Lipinski definition) is 1. The zero-order valence-corrected chi connectivity index (χ0v) is 9.93. The zero-order chi connectivity index (χ0) is 10.9. The van der Waals surface area contributed by atoms with Crippen LogP contribution in [0.4, 0.5) is 17.6 Å². The Morgan fingerprint density at radius 3 is 2.29 bits per heavy atom. The zero-order valence-electron chi connectivity index (χ0n) is 6.95. The number of thioether (sulfide) groups is 1. The van der Waals surface area contributed by atoms with Crippen molar-refractivity contribution in [2.24, 2.45) is 0 Å². The van der Waals surface area contributed by atoms with Crippen molar-refractivity contribution in [2.75, 3.05) is 6.26 Å². The van der Waals surface area contributed by atoms with Crippen LogP contribution in [-0.2, 0) is 6.18 Å². The van der Waals surface area contributed by atoms with E-state index >= 15 is 0 Å². The van der Waals surface area contributed by atoms with Crippen LogP contribution >= 0.6 is 34.4 Å². The highest BCUT2D eigenvalue weighted by Crippen LogP contribution is 2.36. The highest BCUT2D eigenvalue weighted by molar-refractivity contribution is 14.1. The summed E-state index contributed by atoms with van der Waals surface area (Å²) in [6.07, 6.45) is -3.09. The second-order valence-corrected chi connectivity index (χ2v) is 4.56. The van der Waals surface area contributed by atoms with Gasteiger partial charge in [-0.1, -0.05) is 0 Å². The summed E-state index contributed by atoms with van der Waals surface area (Å²) in [5, 5.41) is 0. The molecule has 0 atom stereocenters. The number of halogens is 5. The van der Waals surface area contributed by atoms with Crippen LogP contribution in [0.3, 0.4) is 0 Å². The van der Waals surface area contributed by atoms with E-state index in [-0.39, 0.29) is 4.90 Å². The lowest BCUT2D eigenvalue weighted by atomic mass is 10.2. The highest BCUT2D eigenvalue weighted by Gasteiger charge is 2.35. The molecule has 0 heterocycles. The van der Waals surface area contributed by atoms with Crippen LogP contribution in [0.2, 0.25) is 0 Å². The smallest absolute Gasteiger partial charge is 0.205 e. The van der Waals surface area contributed by atoms with Gasteiger partial charge in [0.15, 0.2) is 0 Å². The van der Waals surface area contributed by atoms with Gasteiger partial charge in [0, 0.05) is 8.47 Å². The molecular weight excluding hydrogens is 331 g/mol. The SMILES string of the molecule is CSc1cc(I)cc(C(F)(F)F)c1F. The average Bonchev–Trinajstić information content (AvgIpc) is 2.06. The van der Waals surface area contributed by atoms with Gasteiger partial charge in [-0.3, -0.25) is 0 Å². The van der Waals surface area contributed by atoms with Crippen LogP contribution in [0.1, 0.15) is 5.56 Å². The third kappa shape index (κ3) is 2.53. The lowest BCUT2D eigenvalue weighted by molar-refractivity contribution is -0.140. The quantitative estimate of drug-likeness (QED) is 0.421. The molecule has 0 N–H and O–H groups in total. The average molecular weight is 336 g/mol. The minimum atomic E-state index is -4.63. The number of benzene rings is 1. The van der Waals surface area contributed by atoms with Crippen molar-refractivity contribution >= 4 is 34.4 Å². The van der Waals surface area contributed by atoms with Crippen LogP contribution in [0.15, 0.2) is 17.0 Å². The highest BCUT2D eigenvalue weighted by atomic mass is 127. The van der Waals surface area contributed by atoms with Crippen LogP contribution in [0.5, 0.6) is 0 Å². The van der Waals surface area contributed by atoms with Crippen molar-refractivity contribution in [2.45, 2.75) is 11.1 Å². The van der Waals surface area contributed by atoms with Crippen molar-refractivity contribution in [3.05, 3.63) is 27.1 Å². The number of alkyl halides is 3. The molecule has 1 aromatic rings. The van der Waals surface area contributed by atoms with E-state index < -0.39 is 17.6 Å². The molecule has 0 unspecified atom stereocenters. The Kier molecular flexibility index (Phi) is 3.68. The normalized spacial score (nSPS) is 11.9. The van der Waals surface area contributed by atoms with Crippen LogP contribution < -0.4 is 0 Å². The molecule has 0 aliphatic heterocycles. The molecular formula is C8H5F4IS. The third-order valence-electron chi connectivity index (χ3n) is 1.53. The maximum atomic E-state index is 13.2. The Hall–Kier alpha value is 0.0200. The molecule has 0 bridgehead atoms. The van der Waals surface area contributed by atoms with Crippen molar-refractivity contribution in [1.29, 1.82) is 0 Å². The van der Waals surface area contributed by atoms with Gasteiger partial charge in [0.05, 0.1) is 5.56 Å². The lowest BCUT2D eigenvalue weighted by Crippen LogP contribution is -2.09. The summed E-state index contributed by atoms with van der Waals surface area (Å²) in [5.74, 6) is -1.19. The molecule has 14 heavy (non-hydrogen) atoms. The molecule has 0 amide bonds. The molecule has 1 rings (SSSR count). The van der Waals surface area contributed by atoms with Crippen LogP contribution in [0, 0.1) is 9.39 Å². The van der Waals surface area contributed by atoms with Crippen molar-refractivity contribution in [1.82, 2.24) is 0 Å². The van der Waals surface area contributed by atoms with Crippen molar-refractivity contribution in [3.63, 3.8) is 0 Å². The van der Waals surface area contributed by atoms with E-state index in [0.717, 1.165) is 17.8 Å². The Balaban J connectivity index is 3.37. The van der Waals surface area contributed by atoms with Gasteiger partial charge in [0.1, 0.15) is 5.82 Å². The monoisotopic (exact) mass is 336 g/mol. The summed E-state index contributed by atoms with van der Waals surface area (Å²) in [6.45, 7) is 0. The fourth-order valence-electron chi connectivity index (χ4n) is 0.919. The Morgan fingerprint density at radius 2 is 1.86 bits per heavy atom. The van der Waals surface area contributed by atoms with E-state index in [1.807, 2.05) is 0 Å². The molecule has 0 aromatic heterocycles. The first-order valence-electron chi connectivity index (χ1n) is 3.46. The number of hydrogen-bond donors (Lipinski definition) is 0. The molecule has 0 aliphatic carbocycles. The first-order chi connectivity index (χ1) is 6.36. The first kappa shape index (κ1) is 12.1. The van der Waals surface area contributed by atoms with Gasteiger partial charge in [-0.25, -0.2) is 4.39 Å². The Morgan fingerprint density at radius 1 is 1.29 bits per heavy atom. The maximum Gasteiger partial charge on any atom is 0.419 e. The lowest BCUT2D eigenvalue weighted by Gasteiger charge is -2.10. The van der Waals surface area contributed by atoms with E-state index in [9.17, 15) is 17.6 Å². The largest absolute Gasteiger partial charge is 0.419 e. The molecule has 0 fully saturated rings. The number of rotatable bonds is 1. The molecule has 0 nitrogen and oxygen atoms in total. The van der Waals surface area contributed by atoms with Gasteiger partial charge in [0.2, 0.25) is 0 Å². The molecule has 0 saturated heterocycles. The molecule has 0 spiro atoms. The molecule has 1 aromatic carbocycles. The fraction of sp³-hybridized carbons (Fsp3) is 0.250. The predicted octanol–water partition coefficient (Wildman–Crippen LogP) is 4.17. The summed E-state index contributed by atoms with van der Waals surface area (Å²) >= 11 is 2.69. The van der Waals surface area contributed by atoms with E-state index in [1.54, 1.807) is 22.6 Å². The second kappa shape index (κ2) is 4.26. The van der Waals surface area contributed by atoms with E-state index in [0.29, 0.717) is 3.57 Å². The fourth-order valence-corrected chi connectivity index (χ4v) is 2.29. The predicted molar refractivity (Wildman–Crippen MR) is 55.9 cm³/mol. The molecule has 78 valence electrons. The Bertz CT molecular complexity index is 348. The maximum absolute atomic E-state index is 13.2. The third-order valence-corrected chi connectivity index (χ3v) is 2.89. The minimum absolute atomic E-state index is 0.0178. The van der Waals surface area contributed by atoms with E-state index in [1.165, 1.54) is 12.3 Å².